The summed E-state index contributed by atoms with van der Waals surface area (Å²) in [6.07, 6.45) is 5.80. The molecule has 1 aromatic heterocycles. The lowest BCUT2D eigenvalue weighted by molar-refractivity contribution is 0.548. The van der Waals surface area contributed by atoms with E-state index in [4.69, 9.17) is 16.0 Å². The Hall–Kier alpha value is -1.46. The Morgan fingerprint density at radius 3 is 2.76 bits per heavy atom. The normalized spacial score (nSPS) is 18.4. The van der Waals surface area contributed by atoms with Crippen LogP contribution in [0.1, 0.15) is 31.2 Å². The van der Waals surface area contributed by atoms with Crippen LogP contribution in [0.4, 0.5) is 0 Å². The van der Waals surface area contributed by atoms with Crippen molar-refractivity contribution >= 4 is 22.6 Å². The number of nitriles is 1. The highest BCUT2D eigenvalue weighted by Crippen LogP contribution is 2.44. The number of nitrogens with zero attached hydrogens (tertiary/aromatic N) is 1. The van der Waals surface area contributed by atoms with Crippen molar-refractivity contribution in [3.63, 3.8) is 0 Å². The molecule has 0 radical (unpaired) electrons. The molecule has 86 valence electrons. The smallest absolute Gasteiger partial charge is 0.134 e. The Bertz CT molecular complexity index is 602. The number of furan rings is 1. The Kier molecular flexibility index (Phi) is 2.38. The van der Waals surface area contributed by atoms with Crippen LogP contribution >= 0.6 is 11.6 Å². The van der Waals surface area contributed by atoms with Gasteiger partial charge in [0.25, 0.3) is 0 Å². The van der Waals surface area contributed by atoms with Gasteiger partial charge in [-0.3, -0.25) is 0 Å². The van der Waals surface area contributed by atoms with E-state index in [0.29, 0.717) is 5.02 Å². The lowest BCUT2D eigenvalue weighted by Crippen LogP contribution is -2.18. The van der Waals surface area contributed by atoms with E-state index >= 15 is 0 Å². The van der Waals surface area contributed by atoms with Gasteiger partial charge in [0.1, 0.15) is 5.58 Å². The van der Waals surface area contributed by atoms with Crippen molar-refractivity contribution in [1.82, 2.24) is 0 Å². The van der Waals surface area contributed by atoms with Crippen LogP contribution in [0.25, 0.3) is 11.0 Å². The van der Waals surface area contributed by atoms with E-state index < -0.39 is 0 Å². The highest BCUT2D eigenvalue weighted by atomic mass is 35.5. The van der Waals surface area contributed by atoms with Crippen LogP contribution in [0.5, 0.6) is 0 Å². The molecule has 0 atom stereocenters. The van der Waals surface area contributed by atoms with Crippen molar-refractivity contribution in [2.24, 2.45) is 0 Å². The topological polar surface area (TPSA) is 36.9 Å². The molecule has 0 amide bonds. The quantitative estimate of drug-likeness (QED) is 0.746. The second kappa shape index (κ2) is 3.78. The minimum atomic E-state index is -0.365. The number of hydrogen-bond acceptors (Lipinski definition) is 2. The van der Waals surface area contributed by atoms with Gasteiger partial charge in [-0.2, -0.15) is 5.26 Å². The number of benzene rings is 1. The molecule has 0 spiro atoms. The number of hydrogen-bond donors (Lipinski definition) is 0. The first kappa shape index (κ1) is 10.7. The summed E-state index contributed by atoms with van der Waals surface area (Å²) >= 11 is 6.02. The summed E-state index contributed by atoms with van der Waals surface area (Å²) in [6.45, 7) is 0. The molecule has 1 saturated carbocycles. The van der Waals surface area contributed by atoms with Gasteiger partial charge >= 0.3 is 0 Å². The predicted molar refractivity (Wildman–Crippen MR) is 67.0 cm³/mol. The molecule has 1 aliphatic rings. The largest absolute Gasteiger partial charge is 0.464 e. The first-order chi connectivity index (χ1) is 8.25. The van der Waals surface area contributed by atoms with Gasteiger partial charge in [0, 0.05) is 16.0 Å². The maximum absolute atomic E-state index is 9.49. The van der Waals surface area contributed by atoms with Crippen LogP contribution in [0.15, 0.2) is 28.9 Å². The third-order valence-electron chi connectivity index (χ3n) is 3.72. The van der Waals surface area contributed by atoms with E-state index in [2.05, 4.69) is 6.07 Å². The van der Waals surface area contributed by atoms with Crippen LogP contribution in [0.2, 0.25) is 5.02 Å². The Balaban J connectivity index is 2.23. The first-order valence-corrected chi connectivity index (χ1v) is 6.21. The van der Waals surface area contributed by atoms with Crippen LogP contribution in [0.3, 0.4) is 0 Å². The molecule has 2 aromatic rings. The molecule has 2 nitrogen and oxygen atoms in total. The van der Waals surface area contributed by atoms with Crippen LogP contribution in [0, 0.1) is 11.3 Å². The highest BCUT2D eigenvalue weighted by Gasteiger charge is 2.38. The molecule has 3 heteroatoms. The van der Waals surface area contributed by atoms with Crippen molar-refractivity contribution < 1.29 is 4.42 Å². The fourth-order valence-electron chi connectivity index (χ4n) is 2.79. The molecule has 1 aromatic carbocycles. The Morgan fingerprint density at radius 2 is 2.06 bits per heavy atom. The second-order valence-electron chi connectivity index (χ2n) is 4.69. The fourth-order valence-corrected chi connectivity index (χ4v) is 2.96. The Labute approximate surface area is 105 Å². The first-order valence-electron chi connectivity index (χ1n) is 5.84. The molecule has 0 aliphatic heterocycles. The average molecular weight is 246 g/mol. The third-order valence-corrected chi connectivity index (χ3v) is 3.96. The van der Waals surface area contributed by atoms with Gasteiger partial charge < -0.3 is 4.42 Å². The van der Waals surface area contributed by atoms with Crippen molar-refractivity contribution in [2.45, 2.75) is 31.1 Å². The maximum atomic E-state index is 9.49. The van der Waals surface area contributed by atoms with Gasteiger partial charge in [0.15, 0.2) is 0 Å². The SMILES string of the molecule is N#CC1(c2coc3ccc(Cl)cc23)CCCC1. The van der Waals surface area contributed by atoms with Crippen LogP contribution < -0.4 is 0 Å². The summed E-state index contributed by atoms with van der Waals surface area (Å²) in [4.78, 5) is 0. The second-order valence-corrected chi connectivity index (χ2v) is 5.13. The zero-order chi connectivity index (χ0) is 11.9. The standard InChI is InChI=1S/C14H12ClNO/c15-10-3-4-13-11(7-10)12(8-17-13)14(9-16)5-1-2-6-14/h3-4,7-8H,1-2,5-6H2. The number of fused-ring (bicyclic) bond motifs is 1. The van der Waals surface area contributed by atoms with Crippen LogP contribution in [-0.4, -0.2) is 0 Å². The monoisotopic (exact) mass is 245 g/mol. The molecule has 17 heavy (non-hydrogen) atoms. The van der Waals surface area contributed by atoms with Crippen molar-refractivity contribution in [3.05, 3.63) is 35.0 Å². The van der Waals surface area contributed by atoms with E-state index in [1.54, 1.807) is 6.26 Å². The zero-order valence-corrected chi connectivity index (χ0v) is 10.1. The van der Waals surface area contributed by atoms with E-state index in [9.17, 15) is 5.26 Å². The maximum Gasteiger partial charge on any atom is 0.134 e. The summed E-state index contributed by atoms with van der Waals surface area (Å²) < 4.78 is 5.53. The highest BCUT2D eigenvalue weighted by molar-refractivity contribution is 6.31. The summed E-state index contributed by atoms with van der Waals surface area (Å²) in [5.74, 6) is 0. The zero-order valence-electron chi connectivity index (χ0n) is 9.37. The molecule has 0 bridgehead atoms. The lowest BCUT2D eigenvalue weighted by atomic mass is 9.80. The summed E-state index contributed by atoms with van der Waals surface area (Å²) in [5.41, 5.74) is 1.46. The summed E-state index contributed by atoms with van der Waals surface area (Å²) in [6, 6.07) is 8.06. The van der Waals surface area contributed by atoms with Gasteiger partial charge in [-0.1, -0.05) is 24.4 Å². The Morgan fingerprint density at radius 1 is 1.29 bits per heavy atom. The summed E-state index contributed by atoms with van der Waals surface area (Å²) in [5, 5.41) is 11.2. The van der Waals surface area contributed by atoms with Gasteiger partial charge in [-0.25, -0.2) is 0 Å². The van der Waals surface area contributed by atoms with Gasteiger partial charge in [-0.15, -0.1) is 0 Å². The molecule has 1 aliphatic carbocycles. The van der Waals surface area contributed by atoms with E-state index in [0.717, 1.165) is 42.2 Å². The van der Waals surface area contributed by atoms with Gasteiger partial charge in [-0.05, 0) is 31.0 Å². The molecule has 0 N–H and O–H groups in total. The summed E-state index contributed by atoms with van der Waals surface area (Å²) in [7, 11) is 0. The van der Waals surface area contributed by atoms with Gasteiger partial charge in [0.05, 0.1) is 17.7 Å². The molecule has 1 fully saturated rings. The third kappa shape index (κ3) is 1.54. The van der Waals surface area contributed by atoms with E-state index in [1.165, 1.54) is 0 Å². The fraction of sp³-hybridized carbons (Fsp3) is 0.357. The molecular formula is C14H12ClNO. The van der Waals surface area contributed by atoms with Gasteiger partial charge in [0.2, 0.25) is 0 Å². The van der Waals surface area contributed by atoms with Crippen molar-refractivity contribution in [2.75, 3.05) is 0 Å². The minimum Gasteiger partial charge on any atom is -0.464 e. The minimum absolute atomic E-state index is 0.365. The van der Waals surface area contributed by atoms with Crippen molar-refractivity contribution in [3.8, 4) is 6.07 Å². The predicted octanol–water partition coefficient (Wildman–Crippen LogP) is 4.42. The van der Waals surface area contributed by atoms with Crippen LogP contribution in [-0.2, 0) is 5.41 Å². The molecule has 3 rings (SSSR count). The number of rotatable bonds is 1. The number of halogens is 1. The molecule has 0 unspecified atom stereocenters. The van der Waals surface area contributed by atoms with E-state index in [-0.39, 0.29) is 5.41 Å². The molecular weight excluding hydrogens is 234 g/mol. The molecule has 0 saturated heterocycles. The molecule has 1 heterocycles. The lowest BCUT2D eigenvalue weighted by Gasteiger charge is -2.18. The average Bonchev–Trinajstić information content (AvgIpc) is 2.94. The van der Waals surface area contributed by atoms with Crippen molar-refractivity contribution in [1.29, 1.82) is 5.26 Å². The van der Waals surface area contributed by atoms with E-state index in [1.807, 2.05) is 18.2 Å².